The number of fused-ring (bicyclic) bond motifs is 1. The van der Waals surface area contributed by atoms with Gasteiger partial charge in [-0.25, -0.2) is 4.79 Å². The first-order chi connectivity index (χ1) is 9.49. The lowest BCUT2D eigenvalue weighted by molar-refractivity contribution is 0.0699. The monoisotopic (exact) mass is 273 g/mol. The van der Waals surface area contributed by atoms with Crippen LogP contribution in [0.2, 0.25) is 0 Å². The van der Waals surface area contributed by atoms with E-state index in [-0.39, 0.29) is 11.3 Å². The number of aromatic carboxylic acids is 1. The van der Waals surface area contributed by atoms with Crippen molar-refractivity contribution in [1.82, 2.24) is 4.57 Å². The fourth-order valence-corrected chi connectivity index (χ4v) is 2.74. The number of carboxylic acid groups (broad SMARTS) is 1. The number of Topliss-reactive ketones (excluding diaryl/α,β-unsaturated/α-hetero) is 1. The van der Waals surface area contributed by atoms with E-state index < -0.39 is 5.97 Å². The van der Waals surface area contributed by atoms with Gasteiger partial charge in [0.2, 0.25) is 0 Å². The van der Waals surface area contributed by atoms with Crippen LogP contribution in [0.15, 0.2) is 18.2 Å². The van der Waals surface area contributed by atoms with Crippen LogP contribution in [0.25, 0.3) is 10.9 Å². The van der Waals surface area contributed by atoms with Crippen molar-refractivity contribution in [1.29, 1.82) is 0 Å². The number of nitrogens with zero attached hydrogens (tertiary/aromatic N) is 1. The Balaban J connectivity index is 2.83. The van der Waals surface area contributed by atoms with E-state index in [1.807, 2.05) is 13.0 Å². The molecule has 0 radical (unpaired) electrons. The Morgan fingerprint density at radius 1 is 1.30 bits per heavy atom. The van der Waals surface area contributed by atoms with Gasteiger partial charge in [0.05, 0.1) is 5.56 Å². The van der Waals surface area contributed by atoms with Crippen molar-refractivity contribution in [3.63, 3.8) is 0 Å². The summed E-state index contributed by atoms with van der Waals surface area (Å²) >= 11 is 0. The second-order valence-corrected chi connectivity index (χ2v) is 5.03. The summed E-state index contributed by atoms with van der Waals surface area (Å²) in [6.07, 6.45) is 2.05. The van der Waals surface area contributed by atoms with Crippen molar-refractivity contribution in [3.8, 4) is 0 Å². The van der Waals surface area contributed by atoms with Gasteiger partial charge in [-0.2, -0.15) is 0 Å². The molecule has 0 bridgehead atoms. The van der Waals surface area contributed by atoms with Gasteiger partial charge in [-0.05, 0) is 32.4 Å². The highest BCUT2D eigenvalue weighted by molar-refractivity contribution is 6.15. The maximum absolute atomic E-state index is 11.9. The van der Waals surface area contributed by atoms with Crippen LogP contribution in [0.4, 0.5) is 0 Å². The lowest BCUT2D eigenvalue weighted by atomic mass is 10.0. The van der Waals surface area contributed by atoms with E-state index in [0.29, 0.717) is 10.9 Å². The first kappa shape index (κ1) is 14.3. The zero-order chi connectivity index (χ0) is 14.9. The Morgan fingerprint density at radius 3 is 2.55 bits per heavy atom. The minimum absolute atomic E-state index is 0.0866. The van der Waals surface area contributed by atoms with E-state index in [2.05, 4.69) is 11.5 Å². The number of rotatable bonds is 5. The van der Waals surface area contributed by atoms with Crippen molar-refractivity contribution in [2.24, 2.45) is 0 Å². The zero-order valence-corrected chi connectivity index (χ0v) is 12.1. The molecule has 1 N–H and O–H groups in total. The Kier molecular flexibility index (Phi) is 3.93. The number of benzene rings is 1. The summed E-state index contributed by atoms with van der Waals surface area (Å²) in [4.78, 5) is 23.3. The second kappa shape index (κ2) is 5.49. The minimum atomic E-state index is -0.995. The number of ketones is 1. The average molecular weight is 273 g/mol. The number of hydrogen-bond donors (Lipinski definition) is 1. The van der Waals surface area contributed by atoms with Crippen molar-refractivity contribution < 1.29 is 14.7 Å². The van der Waals surface area contributed by atoms with Crippen LogP contribution < -0.4 is 0 Å². The van der Waals surface area contributed by atoms with Crippen molar-refractivity contribution in [3.05, 3.63) is 35.0 Å². The van der Waals surface area contributed by atoms with E-state index in [0.717, 1.165) is 30.6 Å². The smallest absolute Gasteiger partial charge is 0.336 e. The summed E-state index contributed by atoms with van der Waals surface area (Å²) in [7, 11) is 0. The van der Waals surface area contributed by atoms with Crippen LogP contribution in [0, 0.1) is 6.92 Å². The molecule has 1 aromatic heterocycles. The SMILES string of the molecule is CCCCn1c(C)c(C(C)=O)c2c(C(=O)O)cccc21. The van der Waals surface area contributed by atoms with Gasteiger partial charge in [0.15, 0.2) is 5.78 Å². The molecule has 0 fully saturated rings. The highest BCUT2D eigenvalue weighted by atomic mass is 16.4. The van der Waals surface area contributed by atoms with Gasteiger partial charge in [-0.15, -0.1) is 0 Å². The second-order valence-electron chi connectivity index (χ2n) is 5.03. The quantitative estimate of drug-likeness (QED) is 0.846. The molecule has 1 heterocycles. The molecular formula is C16H19NO3. The van der Waals surface area contributed by atoms with Gasteiger partial charge in [-0.1, -0.05) is 19.4 Å². The lowest BCUT2D eigenvalue weighted by Gasteiger charge is -2.07. The lowest BCUT2D eigenvalue weighted by Crippen LogP contribution is -2.02. The molecule has 0 amide bonds. The van der Waals surface area contributed by atoms with Gasteiger partial charge in [0.1, 0.15) is 0 Å². The molecule has 0 saturated heterocycles. The molecule has 2 aromatic rings. The van der Waals surface area contributed by atoms with Gasteiger partial charge >= 0.3 is 5.97 Å². The minimum Gasteiger partial charge on any atom is -0.478 e. The molecule has 4 heteroatoms. The normalized spacial score (nSPS) is 10.9. The maximum atomic E-state index is 11.9. The molecule has 0 aliphatic heterocycles. The molecule has 0 unspecified atom stereocenters. The Hall–Kier alpha value is -2.10. The van der Waals surface area contributed by atoms with Crippen LogP contribution in [0.5, 0.6) is 0 Å². The molecule has 106 valence electrons. The van der Waals surface area contributed by atoms with Crippen LogP contribution in [0.1, 0.15) is 53.1 Å². The number of carbonyl (C=O) groups excluding carboxylic acids is 1. The van der Waals surface area contributed by atoms with E-state index in [1.165, 1.54) is 6.92 Å². The Labute approximate surface area is 118 Å². The van der Waals surface area contributed by atoms with Crippen molar-refractivity contribution in [2.45, 2.75) is 40.2 Å². The number of carbonyl (C=O) groups is 2. The number of aromatic nitrogens is 1. The summed E-state index contributed by atoms with van der Waals surface area (Å²) in [5, 5.41) is 9.92. The third kappa shape index (κ3) is 2.22. The molecule has 0 spiro atoms. The zero-order valence-electron chi connectivity index (χ0n) is 12.1. The molecule has 4 nitrogen and oxygen atoms in total. The maximum Gasteiger partial charge on any atom is 0.336 e. The molecule has 0 saturated carbocycles. The number of carboxylic acids is 1. The summed E-state index contributed by atoms with van der Waals surface area (Å²) < 4.78 is 2.06. The number of hydrogen-bond acceptors (Lipinski definition) is 2. The van der Waals surface area contributed by atoms with Crippen LogP contribution >= 0.6 is 0 Å². The first-order valence-electron chi connectivity index (χ1n) is 6.85. The summed E-state index contributed by atoms with van der Waals surface area (Å²) in [6, 6.07) is 5.18. The molecule has 1 aromatic carbocycles. The van der Waals surface area contributed by atoms with Gasteiger partial charge in [0, 0.05) is 28.7 Å². The number of unbranched alkanes of at least 4 members (excludes halogenated alkanes) is 1. The molecule has 2 rings (SSSR count). The van der Waals surface area contributed by atoms with Crippen molar-refractivity contribution >= 4 is 22.7 Å². The highest BCUT2D eigenvalue weighted by Gasteiger charge is 2.21. The van der Waals surface area contributed by atoms with Gasteiger partial charge in [-0.3, -0.25) is 4.79 Å². The van der Waals surface area contributed by atoms with Crippen LogP contribution in [-0.4, -0.2) is 21.4 Å². The third-order valence-electron chi connectivity index (χ3n) is 3.67. The first-order valence-corrected chi connectivity index (χ1v) is 6.85. The molecule has 20 heavy (non-hydrogen) atoms. The average Bonchev–Trinajstić information content (AvgIpc) is 2.67. The molecular weight excluding hydrogens is 254 g/mol. The molecule has 0 aliphatic rings. The van der Waals surface area contributed by atoms with Crippen molar-refractivity contribution in [2.75, 3.05) is 0 Å². The third-order valence-corrected chi connectivity index (χ3v) is 3.67. The largest absolute Gasteiger partial charge is 0.478 e. The Bertz CT molecular complexity index is 683. The van der Waals surface area contributed by atoms with E-state index in [1.54, 1.807) is 12.1 Å². The van der Waals surface area contributed by atoms with Crippen LogP contribution in [-0.2, 0) is 6.54 Å². The fraction of sp³-hybridized carbons (Fsp3) is 0.375. The van der Waals surface area contributed by atoms with Gasteiger partial charge < -0.3 is 9.67 Å². The number of aryl methyl sites for hydroxylation is 1. The van der Waals surface area contributed by atoms with E-state index in [9.17, 15) is 14.7 Å². The predicted molar refractivity (Wildman–Crippen MR) is 78.5 cm³/mol. The predicted octanol–water partition coefficient (Wildman–Crippen LogP) is 3.65. The topological polar surface area (TPSA) is 59.3 Å². The summed E-state index contributed by atoms with van der Waals surface area (Å²) in [6.45, 7) is 6.29. The highest BCUT2D eigenvalue weighted by Crippen LogP contribution is 2.30. The summed E-state index contributed by atoms with van der Waals surface area (Å²) in [5.41, 5.74) is 2.43. The summed E-state index contributed by atoms with van der Waals surface area (Å²) in [5.74, 6) is -1.08. The molecule has 0 atom stereocenters. The standard InChI is InChI=1S/C16H19NO3/c1-4-5-9-17-10(2)14(11(3)18)15-12(16(19)20)7-6-8-13(15)17/h6-8H,4-5,9H2,1-3H3,(H,19,20). The molecule has 0 aliphatic carbocycles. The van der Waals surface area contributed by atoms with E-state index >= 15 is 0 Å². The van der Waals surface area contributed by atoms with Crippen LogP contribution in [0.3, 0.4) is 0 Å². The Morgan fingerprint density at radius 2 is 2.00 bits per heavy atom. The van der Waals surface area contributed by atoms with Gasteiger partial charge in [0.25, 0.3) is 0 Å². The fourth-order valence-electron chi connectivity index (χ4n) is 2.74. The van der Waals surface area contributed by atoms with E-state index in [4.69, 9.17) is 0 Å².